The van der Waals surface area contributed by atoms with E-state index in [1.54, 1.807) is 0 Å². The number of rotatable bonds is 4. The maximum atomic E-state index is 10.3. The first kappa shape index (κ1) is 11.3. The fourth-order valence-electron chi connectivity index (χ4n) is 1.47. The Morgan fingerprint density at radius 3 is 3.00 bits per heavy atom. The summed E-state index contributed by atoms with van der Waals surface area (Å²) in [5, 5.41) is 14.1. The Morgan fingerprint density at radius 2 is 2.29 bits per heavy atom. The van der Waals surface area contributed by atoms with Gasteiger partial charge in [0.2, 0.25) is 11.7 Å². The highest BCUT2D eigenvalue weighted by atomic mass is 16.5. The Kier molecular flexibility index (Phi) is 3.18. The minimum Gasteiger partial charge on any atom is -0.550 e. The van der Waals surface area contributed by atoms with E-state index in [1.807, 2.05) is 31.2 Å². The lowest BCUT2D eigenvalue weighted by atomic mass is 10.1. The van der Waals surface area contributed by atoms with Crippen molar-refractivity contribution in [3.63, 3.8) is 0 Å². The van der Waals surface area contributed by atoms with Gasteiger partial charge in [-0.05, 0) is 19.4 Å². The Hall–Kier alpha value is -2.17. The van der Waals surface area contributed by atoms with Gasteiger partial charge < -0.3 is 14.4 Å². The summed E-state index contributed by atoms with van der Waals surface area (Å²) in [5.41, 5.74) is 1.96. The van der Waals surface area contributed by atoms with Crippen molar-refractivity contribution in [2.45, 2.75) is 19.8 Å². The number of aliphatic carboxylic acids is 1. The number of hydrogen-bond donors (Lipinski definition) is 0. The molecule has 0 spiro atoms. The van der Waals surface area contributed by atoms with Crippen LogP contribution >= 0.6 is 0 Å². The van der Waals surface area contributed by atoms with E-state index in [9.17, 15) is 9.90 Å². The third-order valence-corrected chi connectivity index (χ3v) is 2.29. The van der Waals surface area contributed by atoms with Crippen molar-refractivity contribution < 1.29 is 14.4 Å². The number of benzene rings is 1. The second-order valence-electron chi connectivity index (χ2n) is 3.75. The smallest absolute Gasteiger partial charge is 0.227 e. The highest BCUT2D eigenvalue weighted by Gasteiger charge is 2.08. The van der Waals surface area contributed by atoms with Crippen LogP contribution in [0.2, 0.25) is 0 Å². The Labute approximate surface area is 98.1 Å². The lowest BCUT2D eigenvalue weighted by molar-refractivity contribution is -0.305. The highest BCUT2D eigenvalue weighted by Crippen LogP contribution is 2.17. The average molecular weight is 231 g/mol. The van der Waals surface area contributed by atoms with E-state index in [4.69, 9.17) is 4.52 Å². The van der Waals surface area contributed by atoms with Gasteiger partial charge >= 0.3 is 0 Å². The summed E-state index contributed by atoms with van der Waals surface area (Å²) in [5.74, 6) is -0.340. The van der Waals surface area contributed by atoms with Gasteiger partial charge in [0.1, 0.15) is 0 Å². The molecule has 0 atom stereocenters. The zero-order valence-corrected chi connectivity index (χ0v) is 9.34. The molecule has 0 fully saturated rings. The Morgan fingerprint density at radius 1 is 1.47 bits per heavy atom. The van der Waals surface area contributed by atoms with Crippen LogP contribution in [0.15, 0.2) is 28.8 Å². The van der Waals surface area contributed by atoms with Crippen LogP contribution in [0.3, 0.4) is 0 Å². The van der Waals surface area contributed by atoms with Crippen LogP contribution in [0.25, 0.3) is 11.4 Å². The molecule has 1 heterocycles. The first-order valence-electron chi connectivity index (χ1n) is 5.24. The average Bonchev–Trinajstić information content (AvgIpc) is 2.75. The summed E-state index contributed by atoms with van der Waals surface area (Å²) in [6.45, 7) is 1.97. The number of carbonyl (C=O) groups is 1. The maximum Gasteiger partial charge on any atom is 0.227 e. The molecule has 0 saturated carbocycles. The molecule has 0 radical (unpaired) electrons. The minimum absolute atomic E-state index is 0.116. The molecule has 0 N–H and O–H groups in total. The van der Waals surface area contributed by atoms with E-state index in [1.165, 1.54) is 0 Å². The van der Waals surface area contributed by atoms with Crippen LogP contribution in [0.1, 0.15) is 17.9 Å². The van der Waals surface area contributed by atoms with Gasteiger partial charge in [-0.25, -0.2) is 0 Å². The predicted octanol–water partition coefficient (Wildman–Crippen LogP) is 0.728. The van der Waals surface area contributed by atoms with Crippen LogP contribution < -0.4 is 5.11 Å². The van der Waals surface area contributed by atoms with E-state index in [0.717, 1.165) is 11.1 Å². The van der Waals surface area contributed by atoms with Crippen molar-refractivity contribution >= 4 is 5.97 Å². The number of aromatic nitrogens is 2. The van der Waals surface area contributed by atoms with Gasteiger partial charge in [-0.3, -0.25) is 0 Å². The molecule has 0 aliphatic heterocycles. The quantitative estimate of drug-likeness (QED) is 0.774. The van der Waals surface area contributed by atoms with E-state index in [0.29, 0.717) is 11.7 Å². The van der Waals surface area contributed by atoms with E-state index in [-0.39, 0.29) is 12.8 Å². The van der Waals surface area contributed by atoms with Gasteiger partial charge in [0.15, 0.2) is 0 Å². The number of carboxylic acid groups (broad SMARTS) is 1. The Balaban J connectivity index is 2.15. The number of carbonyl (C=O) groups excluding carboxylic acids is 1. The van der Waals surface area contributed by atoms with Gasteiger partial charge in [-0.1, -0.05) is 28.9 Å². The van der Waals surface area contributed by atoms with Crippen LogP contribution in [-0.4, -0.2) is 16.1 Å². The third-order valence-electron chi connectivity index (χ3n) is 2.29. The number of aryl methyl sites for hydroxylation is 2. The molecular formula is C12H11N2O3-. The number of nitrogens with zero attached hydrogens (tertiary/aromatic N) is 2. The molecule has 5 heteroatoms. The molecule has 88 valence electrons. The molecule has 1 aromatic carbocycles. The molecule has 2 rings (SSSR count). The molecular weight excluding hydrogens is 220 g/mol. The van der Waals surface area contributed by atoms with E-state index >= 15 is 0 Å². The SMILES string of the molecule is Cc1cccc(-c2noc(CCC(=O)[O-])n2)c1. The van der Waals surface area contributed by atoms with Crippen molar-refractivity contribution in [2.75, 3.05) is 0 Å². The lowest BCUT2D eigenvalue weighted by Gasteiger charge is -1.96. The van der Waals surface area contributed by atoms with Crippen molar-refractivity contribution in [1.29, 1.82) is 0 Å². The molecule has 5 nitrogen and oxygen atoms in total. The zero-order valence-electron chi connectivity index (χ0n) is 9.34. The summed E-state index contributed by atoms with van der Waals surface area (Å²) >= 11 is 0. The van der Waals surface area contributed by atoms with Crippen molar-refractivity contribution in [3.8, 4) is 11.4 Å². The van der Waals surface area contributed by atoms with Crippen LogP contribution in [0.5, 0.6) is 0 Å². The van der Waals surface area contributed by atoms with Crippen molar-refractivity contribution in [2.24, 2.45) is 0 Å². The summed E-state index contributed by atoms with van der Waals surface area (Å²) in [7, 11) is 0. The van der Waals surface area contributed by atoms with Gasteiger partial charge in [-0.2, -0.15) is 4.98 Å². The Bertz CT molecular complexity index is 534. The molecule has 0 bridgehead atoms. The summed E-state index contributed by atoms with van der Waals surface area (Å²) in [6, 6.07) is 7.69. The summed E-state index contributed by atoms with van der Waals surface area (Å²) < 4.78 is 4.96. The first-order chi connectivity index (χ1) is 8.15. The van der Waals surface area contributed by atoms with E-state index in [2.05, 4.69) is 10.1 Å². The second kappa shape index (κ2) is 4.78. The monoisotopic (exact) mass is 231 g/mol. The number of hydrogen-bond acceptors (Lipinski definition) is 5. The van der Waals surface area contributed by atoms with Crippen molar-refractivity contribution in [1.82, 2.24) is 10.1 Å². The van der Waals surface area contributed by atoms with Crippen LogP contribution in [0.4, 0.5) is 0 Å². The molecule has 1 aromatic heterocycles. The predicted molar refractivity (Wildman–Crippen MR) is 57.8 cm³/mol. The fourth-order valence-corrected chi connectivity index (χ4v) is 1.47. The van der Waals surface area contributed by atoms with Gasteiger partial charge in [0.25, 0.3) is 0 Å². The normalized spacial score (nSPS) is 10.4. The van der Waals surface area contributed by atoms with Gasteiger partial charge in [0.05, 0.1) is 0 Å². The largest absolute Gasteiger partial charge is 0.550 e. The summed E-state index contributed by atoms with van der Waals surface area (Å²) in [6.07, 6.45) is 0.0800. The van der Waals surface area contributed by atoms with Gasteiger partial charge in [-0.15, -0.1) is 0 Å². The third kappa shape index (κ3) is 2.90. The summed E-state index contributed by atoms with van der Waals surface area (Å²) in [4.78, 5) is 14.4. The fraction of sp³-hybridized carbons (Fsp3) is 0.250. The number of carboxylic acids is 1. The van der Waals surface area contributed by atoms with Crippen LogP contribution in [0, 0.1) is 6.92 Å². The topological polar surface area (TPSA) is 79.0 Å². The highest BCUT2D eigenvalue weighted by molar-refractivity contribution is 5.64. The van der Waals surface area contributed by atoms with Crippen LogP contribution in [-0.2, 0) is 11.2 Å². The molecule has 2 aromatic rings. The maximum absolute atomic E-state index is 10.3. The van der Waals surface area contributed by atoms with E-state index < -0.39 is 5.97 Å². The molecule has 0 aliphatic carbocycles. The van der Waals surface area contributed by atoms with Gasteiger partial charge in [0, 0.05) is 18.0 Å². The second-order valence-corrected chi connectivity index (χ2v) is 3.75. The molecule has 17 heavy (non-hydrogen) atoms. The lowest BCUT2D eigenvalue weighted by Crippen LogP contribution is -2.22. The minimum atomic E-state index is -1.12. The zero-order chi connectivity index (χ0) is 12.3. The molecule has 0 saturated heterocycles. The standard InChI is InChI=1S/C12H12N2O3/c1-8-3-2-4-9(7-8)12-13-10(17-14-12)5-6-11(15)16/h2-4,7H,5-6H2,1H3,(H,15,16)/p-1. The molecule has 0 amide bonds. The molecule has 0 unspecified atom stereocenters. The molecule has 0 aliphatic rings. The first-order valence-corrected chi connectivity index (χ1v) is 5.24. The van der Waals surface area contributed by atoms with Crippen molar-refractivity contribution in [3.05, 3.63) is 35.7 Å².